The van der Waals surface area contributed by atoms with E-state index < -0.39 is 6.23 Å². The number of rotatable bonds is 4. The van der Waals surface area contributed by atoms with Crippen LogP contribution >= 0.6 is 0 Å². The third kappa shape index (κ3) is 3.78. The highest BCUT2D eigenvalue weighted by atomic mass is 16.3. The lowest BCUT2D eigenvalue weighted by Crippen LogP contribution is -2.56. The molecule has 7 heteroatoms. The number of amides is 2. The first-order chi connectivity index (χ1) is 13.1. The smallest absolute Gasteiger partial charge is 0.317 e. The molecule has 0 spiro atoms. The molecule has 3 atom stereocenters. The monoisotopic (exact) mass is 368 g/mol. The summed E-state index contributed by atoms with van der Waals surface area (Å²) in [5.41, 5.74) is 2.10. The average molecular weight is 368 g/mol. The number of phenolic OH excluding ortho intramolecular Hbond substituents is 1. The fraction of sp³-hybridized carbons (Fsp3) is 0.350. The molecule has 0 radical (unpaired) electrons. The number of nitrogens with one attached hydrogen (secondary N) is 2. The zero-order valence-corrected chi connectivity index (χ0v) is 15.0. The Kier molecular flexibility index (Phi) is 4.77. The van der Waals surface area contributed by atoms with E-state index in [-0.39, 0.29) is 23.9 Å². The Bertz CT molecular complexity index is 801. The van der Waals surface area contributed by atoms with Crippen LogP contribution in [0.5, 0.6) is 5.75 Å². The molecule has 2 aliphatic rings. The zero-order valence-electron chi connectivity index (χ0n) is 15.0. The van der Waals surface area contributed by atoms with Crippen molar-refractivity contribution in [3.8, 4) is 5.75 Å². The van der Waals surface area contributed by atoms with Crippen LogP contribution < -0.4 is 20.4 Å². The van der Waals surface area contributed by atoms with Crippen LogP contribution in [-0.4, -0.2) is 54.2 Å². The van der Waals surface area contributed by atoms with Gasteiger partial charge < -0.3 is 30.6 Å². The second-order valence-corrected chi connectivity index (χ2v) is 7.05. The van der Waals surface area contributed by atoms with Gasteiger partial charge in [0.15, 0.2) is 0 Å². The van der Waals surface area contributed by atoms with Gasteiger partial charge >= 0.3 is 6.03 Å². The minimum absolute atomic E-state index is 0.0700. The maximum absolute atomic E-state index is 11.5. The van der Waals surface area contributed by atoms with Crippen LogP contribution in [0.3, 0.4) is 0 Å². The Morgan fingerprint density at radius 2 is 1.78 bits per heavy atom. The minimum atomic E-state index is -0.893. The maximum Gasteiger partial charge on any atom is 0.317 e. The van der Waals surface area contributed by atoms with Gasteiger partial charge in [-0.3, -0.25) is 0 Å². The molecule has 3 unspecified atom stereocenters. The highest BCUT2D eigenvalue weighted by molar-refractivity contribution is 5.77. The fourth-order valence-corrected chi connectivity index (χ4v) is 3.95. The molecule has 2 aliphatic heterocycles. The summed E-state index contributed by atoms with van der Waals surface area (Å²) >= 11 is 0. The molecular formula is C20H24N4O3. The van der Waals surface area contributed by atoms with Crippen molar-refractivity contribution in [1.29, 1.82) is 0 Å². The summed E-state index contributed by atoms with van der Waals surface area (Å²) in [6, 6.07) is 16.8. The molecule has 0 aromatic heterocycles. The first kappa shape index (κ1) is 17.5. The average Bonchev–Trinajstić information content (AvgIpc) is 2.99. The van der Waals surface area contributed by atoms with E-state index in [0.29, 0.717) is 6.42 Å². The van der Waals surface area contributed by atoms with E-state index in [4.69, 9.17) is 0 Å². The summed E-state index contributed by atoms with van der Waals surface area (Å²) in [5, 5.41) is 25.3. The van der Waals surface area contributed by atoms with E-state index in [1.54, 1.807) is 12.1 Å². The number of urea groups is 1. The number of phenols is 1. The molecule has 0 aliphatic carbocycles. The third-order valence-electron chi connectivity index (χ3n) is 5.27. The van der Waals surface area contributed by atoms with Crippen molar-refractivity contribution >= 4 is 17.4 Å². The highest BCUT2D eigenvalue weighted by Gasteiger charge is 2.36. The number of anilines is 2. The molecule has 2 saturated heterocycles. The SMILES string of the molecule is O=C1NC(O)C(CC2CN(c3ccccc3)CCN2c2cccc(O)c2)N1. The largest absolute Gasteiger partial charge is 0.508 e. The molecule has 27 heavy (non-hydrogen) atoms. The zero-order chi connectivity index (χ0) is 18.8. The van der Waals surface area contributed by atoms with Gasteiger partial charge in [0, 0.05) is 43.1 Å². The number of carbonyl (C=O) groups is 1. The van der Waals surface area contributed by atoms with Crippen LogP contribution in [0.4, 0.5) is 16.2 Å². The number of carbonyl (C=O) groups excluding carboxylic acids is 1. The van der Waals surface area contributed by atoms with Crippen molar-refractivity contribution in [1.82, 2.24) is 10.6 Å². The van der Waals surface area contributed by atoms with Crippen LogP contribution in [0, 0.1) is 0 Å². The summed E-state index contributed by atoms with van der Waals surface area (Å²) in [4.78, 5) is 16.1. The molecule has 2 fully saturated rings. The lowest BCUT2D eigenvalue weighted by molar-refractivity contribution is 0.132. The van der Waals surface area contributed by atoms with Crippen LogP contribution in [0.15, 0.2) is 54.6 Å². The van der Waals surface area contributed by atoms with Crippen molar-refractivity contribution in [2.24, 2.45) is 0 Å². The predicted molar refractivity (Wildman–Crippen MR) is 104 cm³/mol. The first-order valence-corrected chi connectivity index (χ1v) is 9.21. The Morgan fingerprint density at radius 3 is 2.48 bits per heavy atom. The van der Waals surface area contributed by atoms with Crippen LogP contribution in [0.1, 0.15) is 6.42 Å². The number of aliphatic hydroxyl groups excluding tert-OH is 1. The van der Waals surface area contributed by atoms with Crippen LogP contribution in [-0.2, 0) is 0 Å². The molecule has 0 saturated carbocycles. The summed E-state index contributed by atoms with van der Waals surface area (Å²) in [7, 11) is 0. The third-order valence-corrected chi connectivity index (χ3v) is 5.27. The van der Waals surface area contributed by atoms with E-state index in [0.717, 1.165) is 31.0 Å². The minimum Gasteiger partial charge on any atom is -0.508 e. The maximum atomic E-state index is 11.5. The topological polar surface area (TPSA) is 88.1 Å². The van der Waals surface area contributed by atoms with Crippen molar-refractivity contribution < 1.29 is 15.0 Å². The molecule has 4 N–H and O–H groups in total. The first-order valence-electron chi connectivity index (χ1n) is 9.21. The van der Waals surface area contributed by atoms with Gasteiger partial charge in [0.2, 0.25) is 0 Å². The van der Waals surface area contributed by atoms with Crippen molar-refractivity contribution in [3.63, 3.8) is 0 Å². The number of hydrogen-bond donors (Lipinski definition) is 4. The lowest BCUT2D eigenvalue weighted by Gasteiger charge is -2.44. The van der Waals surface area contributed by atoms with Crippen molar-refractivity contribution in [2.45, 2.75) is 24.7 Å². The van der Waals surface area contributed by atoms with Gasteiger partial charge in [0.1, 0.15) is 12.0 Å². The highest BCUT2D eigenvalue weighted by Crippen LogP contribution is 2.28. The Balaban J connectivity index is 1.57. The molecule has 2 aromatic carbocycles. The number of piperazine rings is 1. The van der Waals surface area contributed by atoms with Gasteiger partial charge in [-0.1, -0.05) is 24.3 Å². The Hall–Kier alpha value is -2.93. The van der Waals surface area contributed by atoms with Gasteiger partial charge in [-0.2, -0.15) is 0 Å². The molecule has 2 aromatic rings. The molecular weight excluding hydrogens is 344 g/mol. The molecule has 142 valence electrons. The summed E-state index contributed by atoms with van der Waals surface area (Å²) in [6.07, 6.45) is -0.297. The second-order valence-electron chi connectivity index (χ2n) is 7.05. The molecule has 2 amide bonds. The number of benzene rings is 2. The fourth-order valence-electron chi connectivity index (χ4n) is 3.95. The summed E-state index contributed by atoms with van der Waals surface area (Å²) in [5.74, 6) is 0.229. The van der Waals surface area contributed by atoms with E-state index in [1.807, 2.05) is 30.3 Å². The standard InChI is InChI=1S/C20H24N4O3/c25-17-8-4-7-15(11-17)24-10-9-23(14-5-2-1-3-6-14)13-16(24)12-18-19(26)22-20(27)21-18/h1-8,11,16,18-19,25-26H,9-10,12-13H2,(H2,21,22,27). The second kappa shape index (κ2) is 7.36. The van der Waals surface area contributed by atoms with Gasteiger partial charge in [-0.15, -0.1) is 0 Å². The number of hydrogen-bond acceptors (Lipinski definition) is 5. The van der Waals surface area contributed by atoms with E-state index >= 15 is 0 Å². The predicted octanol–water partition coefficient (Wildman–Crippen LogP) is 1.48. The van der Waals surface area contributed by atoms with Crippen LogP contribution in [0.2, 0.25) is 0 Å². The van der Waals surface area contributed by atoms with E-state index in [1.165, 1.54) is 0 Å². The van der Waals surface area contributed by atoms with Gasteiger partial charge in [0.25, 0.3) is 0 Å². The van der Waals surface area contributed by atoms with Crippen LogP contribution in [0.25, 0.3) is 0 Å². The normalized spacial score (nSPS) is 25.2. The number of para-hydroxylation sites is 1. The number of nitrogens with zero attached hydrogens (tertiary/aromatic N) is 2. The molecule has 4 rings (SSSR count). The van der Waals surface area contributed by atoms with Gasteiger partial charge in [0.05, 0.1) is 6.04 Å². The summed E-state index contributed by atoms with van der Waals surface area (Å²) < 4.78 is 0. The number of aromatic hydroxyl groups is 1. The number of aliphatic hydroxyl groups is 1. The molecule has 2 heterocycles. The lowest BCUT2D eigenvalue weighted by atomic mass is 10.0. The Labute approximate surface area is 158 Å². The molecule has 0 bridgehead atoms. The quantitative estimate of drug-likeness (QED) is 0.657. The Morgan fingerprint density at radius 1 is 1.00 bits per heavy atom. The van der Waals surface area contributed by atoms with Gasteiger partial charge in [-0.05, 0) is 30.7 Å². The van der Waals surface area contributed by atoms with Crippen molar-refractivity contribution in [3.05, 3.63) is 54.6 Å². The molecule has 7 nitrogen and oxygen atoms in total. The van der Waals surface area contributed by atoms with Crippen molar-refractivity contribution in [2.75, 3.05) is 29.4 Å². The van der Waals surface area contributed by atoms with E-state index in [2.05, 4.69) is 32.6 Å². The summed E-state index contributed by atoms with van der Waals surface area (Å²) in [6.45, 7) is 2.40. The van der Waals surface area contributed by atoms with E-state index in [9.17, 15) is 15.0 Å². The van der Waals surface area contributed by atoms with Gasteiger partial charge in [-0.25, -0.2) is 4.79 Å².